The van der Waals surface area contributed by atoms with Crippen molar-refractivity contribution in [1.29, 1.82) is 0 Å². The first-order valence-electron chi connectivity index (χ1n) is 6.70. The fourth-order valence-corrected chi connectivity index (χ4v) is 3.16. The second-order valence-corrected chi connectivity index (χ2v) is 6.35. The molecule has 4 nitrogen and oxygen atoms in total. The first kappa shape index (κ1) is 15.8. The average molecular weight is 352 g/mol. The number of thioether (sulfide) groups is 1. The zero-order chi connectivity index (χ0) is 16.6. The highest BCUT2D eigenvalue weighted by atomic mass is 35.5. The van der Waals surface area contributed by atoms with Crippen molar-refractivity contribution < 1.29 is 18.4 Å². The van der Waals surface area contributed by atoms with Crippen molar-refractivity contribution in [2.24, 2.45) is 0 Å². The number of furan rings is 1. The van der Waals surface area contributed by atoms with Crippen molar-refractivity contribution in [1.82, 2.24) is 4.90 Å². The monoisotopic (exact) mass is 351 g/mol. The van der Waals surface area contributed by atoms with E-state index in [0.717, 1.165) is 22.7 Å². The quantitative estimate of drug-likeness (QED) is 0.757. The van der Waals surface area contributed by atoms with Gasteiger partial charge in [-0.2, -0.15) is 0 Å². The highest BCUT2D eigenvalue weighted by Crippen LogP contribution is 2.34. The summed E-state index contributed by atoms with van der Waals surface area (Å²) in [5.74, 6) is 0.330. The van der Waals surface area contributed by atoms with Gasteiger partial charge in [-0.3, -0.25) is 14.5 Å². The SMILES string of the molecule is Cc1ccc(/C=C2\SC(=O)N(Cc3ccc(F)cc3Cl)C2=O)o1. The molecule has 1 aromatic carbocycles. The summed E-state index contributed by atoms with van der Waals surface area (Å²) in [4.78, 5) is 25.8. The Bertz CT molecular complexity index is 830. The van der Waals surface area contributed by atoms with Crippen LogP contribution in [0.5, 0.6) is 0 Å². The van der Waals surface area contributed by atoms with E-state index in [1.165, 1.54) is 18.2 Å². The van der Waals surface area contributed by atoms with E-state index in [-0.39, 0.29) is 16.5 Å². The van der Waals surface area contributed by atoms with E-state index >= 15 is 0 Å². The Kier molecular flexibility index (Phi) is 4.28. The lowest BCUT2D eigenvalue weighted by molar-refractivity contribution is -0.123. The van der Waals surface area contributed by atoms with Crippen LogP contribution in [-0.4, -0.2) is 16.0 Å². The molecular weight excluding hydrogens is 341 g/mol. The minimum Gasteiger partial charge on any atom is -0.462 e. The average Bonchev–Trinajstić information content (AvgIpc) is 3.00. The normalized spacial score (nSPS) is 16.7. The highest BCUT2D eigenvalue weighted by molar-refractivity contribution is 8.18. The van der Waals surface area contributed by atoms with Crippen LogP contribution in [0, 0.1) is 12.7 Å². The molecule has 0 N–H and O–H groups in total. The smallest absolute Gasteiger partial charge is 0.293 e. The number of benzene rings is 1. The van der Waals surface area contributed by atoms with Gasteiger partial charge in [0.15, 0.2) is 0 Å². The molecule has 0 spiro atoms. The maximum absolute atomic E-state index is 13.1. The molecule has 1 aromatic heterocycles. The number of halogens is 2. The standard InChI is InChI=1S/C16H11ClFNO3S/c1-9-2-5-12(22-9)7-14-15(20)19(16(21)23-14)8-10-3-4-11(18)6-13(10)17/h2-7H,8H2,1H3/b14-7-. The number of imide groups is 1. The van der Waals surface area contributed by atoms with Crippen molar-refractivity contribution in [3.63, 3.8) is 0 Å². The minimum atomic E-state index is -0.471. The van der Waals surface area contributed by atoms with Crippen molar-refractivity contribution in [2.45, 2.75) is 13.5 Å². The number of nitrogens with zero attached hydrogens (tertiary/aromatic N) is 1. The van der Waals surface area contributed by atoms with E-state index in [4.69, 9.17) is 16.0 Å². The Morgan fingerprint density at radius 1 is 1.30 bits per heavy atom. The fourth-order valence-electron chi connectivity index (χ4n) is 2.12. The van der Waals surface area contributed by atoms with E-state index in [0.29, 0.717) is 17.1 Å². The van der Waals surface area contributed by atoms with Crippen molar-refractivity contribution in [3.8, 4) is 0 Å². The molecule has 1 aliphatic rings. The number of hydrogen-bond acceptors (Lipinski definition) is 4. The summed E-state index contributed by atoms with van der Waals surface area (Å²) in [6.07, 6.45) is 1.53. The molecule has 0 radical (unpaired) electrons. The molecule has 0 aliphatic carbocycles. The predicted octanol–water partition coefficient (Wildman–Crippen LogP) is 4.62. The van der Waals surface area contributed by atoms with Gasteiger partial charge in [-0.1, -0.05) is 17.7 Å². The molecule has 3 rings (SSSR count). The lowest BCUT2D eigenvalue weighted by atomic mass is 10.2. The van der Waals surface area contributed by atoms with Gasteiger partial charge in [0, 0.05) is 11.1 Å². The van der Waals surface area contributed by atoms with Crippen LogP contribution in [0.4, 0.5) is 9.18 Å². The molecule has 0 atom stereocenters. The van der Waals surface area contributed by atoms with Crippen molar-refractivity contribution >= 4 is 40.6 Å². The number of rotatable bonds is 3. The molecular formula is C16H11ClFNO3S. The second kappa shape index (κ2) is 6.22. The van der Waals surface area contributed by atoms with Gasteiger partial charge in [0.05, 0.1) is 11.4 Å². The first-order chi connectivity index (χ1) is 10.9. The van der Waals surface area contributed by atoms with Crippen LogP contribution in [-0.2, 0) is 11.3 Å². The zero-order valence-electron chi connectivity index (χ0n) is 12.0. The molecule has 0 unspecified atom stereocenters. The van der Waals surface area contributed by atoms with E-state index in [2.05, 4.69) is 0 Å². The van der Waals surface area contributed by atoms with Crippen LogP contribution in [0.3, 0.4) is 0 Å². The van der Waals surface area contributed by atoms with Crippen LogP contribution in [0.1, 0.15) is 17.1 Å². The molecule has 2 heterocycles. The summed E-state index contributed by atoms with van der Waals surface area (Å²) in [6, 6.07) is 7.34. The number of hydrogen-bond donors (Lipinski definition) is 0. The van der Waals surface area contributed by atoms with Crippen LogP contribution >= 0.6 is 23.4 Å². The van der Waals surface area contributed by atoms with Crippen molar-refractivity contribution in [3.05, 3.63) is 63.2 Å². The van der Waals surface area contributed by atoms with Crippen LogP contribution < -0.4 is 0 Å². The summed E-state index contributed by atoms with van der Waals surface area (Å²) in [5, 5.41) is -0.223. The van der Waals surface area contributed by atoms with Gasteiger partial charge < -0.3 is 4.42 Å². The van der Waals surface area contributed by atoms with E-state index in [1.807, 2.05) is 0 Å². The lowest BCUT2D eigenvalue weighted by Gasteiger charge is -2.13. The molecule has 0 bridgehead atoms. The molecule has 118 valence electrons. The van der Waals surface area contributed by atoms with E-state index in [9.17, 15) is 14.0 Å². The molecule has 1 aliphatic heterocycles. The van der Waals surface area contributed by atoms with Gasteiger partial charge >= 0.3 is 0 Å². The number of carbonyl (C=O) groups excluding carboxylic acids is 2. The summed E-state index contributed by atoms with van der Waals surface area (Å²) < 4.78 is 18.4. The molecule has 23 heavy (non-hydrogen) atoms. The highest BCUT2D eigenvalue weighted by Gasteiger charge is 2.35. The van der Waals surface area contributed by atoms with E-state index < -0.39 is 17.0 Å². The minimum absolute atomic E-state index is 0.00168. The largest absolute Gasteiger partial charge is 0.462 e. The first-order valence-corrected chi connectivity index (χ1v) is 7.89. The second-order valence-electron chi connectivity index (χ2n) is 4.95. The fraction of sp³-hybridized carbons (Fsp3) is 0.125. The van der Waals surface area contributed by atoms with E-state index in [1.54, 1.807) is 19.1 Å². The van der Waals surface area contributed by atoms with Gasteiger partial charge in [-0.05, 0) is 48.5 Å². The Labute approximate surface area is 140 Å². The molecule has 2 aromatic rings. The maximum atomic E-state index is 13.1. The molecule has 1 fully saturated rings. The summed E-state index contributed by atoms with van der Waals surface area (Å²) in [6.45, 7) is 1.79. The maximum Gasteiger partial charge on any atom is 0.293 e. The Balaban J connectivity index is 1.82. The van der Waals surface area contributed by atoms with Gasteiger partial charge in [0.25, 0.3) is 11.1 Å². The third kappa shape index (κ3) is 3.33. The summed E-state index contributed by atoms with van der Waals surface area (Å²) in [7, 11) is 0. The molecule has 2 amide bonds. The number of amides is 2. The number of carbonyl (C=O) groups is 2. The Hall–Kier alpha value is -2.05. The zero-order valence-corrected chi connectivity index (χ0v) is 13.6. The third-order valence-corrected chi connectivity index (χ3v) is 4.51. The number of aryl methyl sites for hydroxylation is 1. The van der Waals surface area contributed by atoms with Gasteiger partial charge in [-0.15, -0.1) is 0 Å². The lowest BCUT2D eigenvalue weighted by Crippen LogP contribution is -2.27. The van der Waals surface area contributed by atoms with Gasteiger partial charge in [0.2, 0.25) is 0 Å². The van der Waals surface area contributed by atoms with Crippen LogP contribution in [0.25, 0.3) is 6.08 Å². The summed E-state index contributed by atoms with van der Waals surface area (Å²) >= 11 is 6.78. The van der Waals surface area contributed by atoms with Gasteiger partial charge in [0.1, 0.15) is 17.3 Å². The van der Waals surface area contributed by atoms with Crippen LogP contribution in [0.15, 0.2) is 39.7 Å². The van der Waals surface area contributed by atoms with Gasteiger partial charge in [-0.25, -0.2) is 4.39 Å². The molecule has 0 saturated carbocycles. The Morgan fingerprint density at radius 3 is 2.74 bits per heavy atom. The molecule has 7 heteroatoms. The predicted molar refractivity (Wildman–Crippen MR) is 86.4 cm³/mol. The molecule has 1 saturated heterocycles. The van der Waals surface area contributed by atoms with Crippen molar-refractivity contribution in [2.75, 3.05) is 0 Å². The van der Waals surface area contributed by atoms with Crippen LogP contribution in [0.2, 0.25) is 5.02 Å². The Morgan fingerprint density at radius 2 is 2.09 bits per heavy atom. The topological polar surface area (TPSA) is 50.5 Å². The third-order valence-electron chi connectivity index (χ3n) is 3.25. The summed E-state index contributed by atoms with van der Waals surface area (Å²) in [5.41, 5.74) is 0.505.